The van der Waals surface area contributed by atoms with Crippen LogP contribution in [-0.4, -0.2) is 78.9 Å². The fraction of sp³-hybridized carbons (Fsp3) is 0.667. The van der Waals surface area contributed by atoms with Gasteiger partial charge < -0.3 is 26.6 Å². The van der Waals surface area contributed by atoms with E-state index in [0.29, 0.717) is 32.2 Å². The van der Waals surface area contributed by atoms with Gasteiger partial charge in [-0.3, -0.25) is 19.8 Å². The molecule has 0 aliphatic heterocycles. The first-order valence-electron chi connectivity index (χ1n) is 10.4. The number of guanidine groups is 1. The number of carbonyl (C=O) groups excluding carboxylic acids is 2. The number of hydrogen-bond acceptors (Lipinski definition) is 8. The first-order valence-corrected chi connectivity index (χ1v) is 10.4. The molecule has 15 nitrogen and oxygen atoms in total. The molecule has 0 unspecified atom stereocenters. The highest BCUT2D eigenvalue weighted by molar-refractivity contribution is 5.99. The van der Waals surface area contributed by atoms with Gasteiger partial charge >= 0.3 is 11.9 Å². The van der Waals surface area contributed by atoms with E-state index in [1.165, 1.54) is 0 Å². The summed E-state index contributed by atoms with van der Waals surface area (Å²) < 4.78 is 0. The maximum atomic E-state index is 13.3. The number of tetrazole rings is 1. The molecule has 0 aliphatic rings. The van der Waals surface area contributed by atoms with Crippen LogP contribution in [0.2, 0.25) is 0 Å². The van der Waals surface area contributed by atoms with Gasteiger partial charge in [0.1, 0.15) is 6.04 Å². The molecule has 1 aromatic rings. The Morgan fingerprint density at radius 3 is 2.36 bits per heavy atom. The molecule has 0 radical (unpaired) electrons. The van der Waals surface area contributed by atoms with Crippen LogP contribution in [0.3, 0.4) is 0 Å². The number of aromatic nitrogens is 4. The van der Waals surface area contributed by atoms with E-state index in [1.807, 2.05) is 0 Å². The summed E-state index contributed by atoms with van der Waals surface area (Å²) in [7, 11) is 0. The first-order chi connectivity index (χ1) is 15.5. The predicted octanol–water partition coefficient (Wildman–Crippen LogP) is -1.58. The average molecular weight is 470 g/mol. The van der Waals surface area contributed by atoms with Gasteiger partial charge in [-0.05, 0) is 29.2 Å². The topological polar surface area (TPSA) is 230 Å². The molecule has 15 heteroatoms. The fourth-order valence-corrected chi connectivity index (χ4v) is 3.13. The Morgan fingerprint density at radius 1 is 1.18 bits per heavy atom. The summed E-state index contributed by atoms with van der Waals surface area (Å²) in [5.41, 5.74) is 5.22. The second-order valence-corrected chi connectivity index (χ2v) is 7.70. The third kappa shape index (κ3) is 8.70. The lowest BCUT2D eigenvalue weighted by Gasteiger charge is -2.33. The number of unbranched alkanes of at least 4 members (excludes halogenated alkanes) is 2. The van der Waals surface area contributed by atoms with Crippen LogP contribution in [-0.2, 0) is 25.6 Å². The second kappa shape index (κ2) is 12.9. The number of aryl methyl sites for hydroxylation is 1. The van der Waals surface area contributed by atoms with Crippen LogP contribution in [0, 0.1) is 11.3 Å². The minimum Gasteiger partial charge on any atom is -0.481 e. The summed E-state index contributed by atoms with van der Waals surface area (Å²) in [5, 5.41) is 43.1. The van der Waals surface area contributed by atoms with Crippen LogP contribution >= 0.6 is 0 Å². The number of nitrogens with zero attached hydrogens (tertiary/aromatic N) is 5. The normalized spacial score (nSPS) is 12.6. The van der Waals surface area contributed by atoms with Gasteiger partial charge in [0.2, 0.25) is 5.91 Å². The molecule has 0 spiro atoms. The van der Waals surface area contributed by atoms with E-state index in [0.717, 1.165) is 16.7 Å². The first kappa shape index (κ1) is 27.3. The number of carbonyl (C=O) groups is 4. The van der Waals surface area contributed by atoms with Crippen molar-refractivity contribution in [2.75, 3.05) is 11.6 Å². The van der Waals surface area contributed by atoms with Crippen molar-refractivity contribution in [3.8, 4) is 0 Å². The van der Waals surface area contributed by atoms with Crippen molar-refractivity contribution in [1.29, 1.82) is 5.41 Å². The Hall–Kier alpha value is -3.78. The van der Waals surface area contributed by atoms with Gasteiger partial charge in [0.05, 0.1) is 6.42 Å². The highest BCUT2D eigenvalue weighted by Crippen LogP contribution is 2.15. The Balaban J connectivity index is 3.21. The number of amides is 2. The van der Waals surface area contributed by atoms with E-state index in [2.05, 4.69) is 26.2 Å². The summed E-state index contributed by atoms with van der Waals surface area (Å²) in [6, 6.07) is -2.94. The molecule has 1 aromatic heterocycles. The molecule has 0 aromatic carbocycles. The fourth-order valence-electron chi connectivity index (χ4n) is 3.13. The van der Waals surface area contributed by atoms with Crippen molar-refractivity contribution in [2.24, 2.45) is 11.7 Å². The SMILES string of the molecule is CC(=O)N[C@@H](CC(=O)O)C(=O)N([C@H](C(=O)O)C(C)C)n1nnnc1CCCCCNC(=N)N. The van der Waals surface area contributed by atoms with E-state index in [9.17, 15) is 29.4 Å². The lowest BCUT2D eigenvalue weighted by Crippen LogP contribution is -2.61. The average Bonchev–Trinajstić information content (AvgIpc) is 3.14. The molecule has 1 heterocycles. The van der Waals surface area contributed by atoms with Crippen molar-refractivity contribution >= 4 is 29.7 Å². The van der Waals surface area contributed by atoms with Crippen LogP contribution in [0.1, 0.15) is 52.3 Å². The molecule has 0 bridgehead atoms. The zero-order valence-electron chi connectivity index (χ0n) is 18.8. The quantitative estimate of drug-likeness (QED) is 0.103. The van der Waals surface area contributed by atoms with Crippen LogP contribution in [0.4, 0.5) is 0 Å². The van der Waals surface area contributed by atoms with Crippen molar-refractivity contribution in [3.63, 3.8) is 0 Å². The Bertz CT molecular complexity index is 840. The highest BCUT2D eigenvalue weighted by atomic mass is 16.4. The number of rotatable bonds is 14. The minimum atomic E-state index is -1.52. The zero-order chi connectivity index (χ0) is 25.1. The Labute approximate surface area is 190 Å². The smallest absolute Gasteiger partial charge is 0.328 e. The third-order valence-electron chi connectivity index (χ3n) is 4.54. The van der Waals surface area contributed by atoms with Gasteiger partial charge in [-0.1, -0.05) is 20.3 Å². The van der Waals surface area contributed by atoms with Crippen LogP contribution < -0.4 is 21.4 Å². The van der Waals surface area contributed by atoms with Crippen molar-refractivity contribution < 1.29 is 29.4 Å². The van der Waals surface area contributed by atoms with Gasteiger partial charge in [0, 0.05) is 19.9 Å². The molecule has 1 rings (SSSR count). The Morgan fingerprint density at radius 2 is 1.85 bits per heavy atom. The molecule has 184 valence electrons. The van der Waals surface area contributed by atoms with Gasteiger partial charge in [0.15, 0.2) is 17.8 Å². The lowest BCUT2D eigenvalue weighted by molar-refractivity contribution is -0.143. The summed E-state index contributed by atoms with van der Waals surface area (Å²) in [4.78, 5) is 49.1. The van der Waals surface area contributed by atoms with E-state index in [-0.39, 0.29) is 11.8 Å². The summed E-state index contributed by atoms with van der Waals surface area (Å²) in [6.45, 7) is 4.78. The zero-order valence-corrected chi connectivity index (χ0v) is 18.8. The molecule has 2 amide bonds. The van der Waals surface area contributed by atoms with Crippen LogP contribution in [0.5, 0.6) is 0 Å². The molecular formula is C18H31N9O6. The molecule has 33 heavy (non-hydrogen) atoms. The summed E-state index contributed by atoms with van der Waals surface area (Å²) in [6.07, 6.45) is 1.55. The van der Waals surface area contributed by atoms with E-state index in [1.54, 1.807) is 13.8 Å². The van der Waals surface area contributed by atoms with Gasteiger partial charge in [-0.15, -0.1) is 9.89 Å². The number of carboxylic acid groups (broad SMARTS) is 2. The van der Waals surface area contributed by atoms with E-state index in [4.69, 9.17) is 11.1 Å². The molecule has 0 saturated carbocycles. The van der Waals surface area contributed by atoms with Crippen LogP contribution in [0.15, 0.2) is 0 Å². The van der Waals surface area contributed by atoms with Gasteiger partial charge in [-0.25, -0.2) is 9.80 Å². The van der Waals surface area contributed by atoms with Crippen molar-refractivity contribution in [2.45, 2.75) is 65.0 Å². The van der Waals surface area contributed by atoms with Crippen molar-refractivity contribution in [1.82, 2.24) is 30.9 Å². The number of aliphatic carboxylic acids is 2. The summed E-state index contributed by atoms with van der Waals surface area (Å²) in [5.74, 6) is -4.83. The Kier molecular flexibility index (Phi) is 10.7. The molecule has 0 fully saturated rings. The maximum absolute atomic E-state index is 13.3. The van der Waals surface area contributed by atoms with Gasteiger partial charge in [-0.2, -0.15) is 0 Å². The van der Waals surface area contributed by atoms with Crippen molar-refractivity contribution in [3.05, 3.63) is 5.82 Å². The molecule has 0 saturated heterocycles. The monoisotopic (exact) mass is 469 g/mol. The number of nitrogens with two attached hydrogens (primary N) is 1. The summed E-state index contributed by atoms with van der Waals surface area (Å²) >= 11 is 0. The van der Waals surface area contributed by atoms with E-state index < -0.39 is 48.2 Å². The number of hydrogen-bond donors (Lipinski definition) is 6. The number of carboxylic acids is 2. The largest absolute Gasteiger partial charge is 0.481 e. The minimum absolute atomic E-state index is 0.128. The maximum Gasteiger partial charge on any atom is 0.328 e. The molecule has 2 atom stereocenters. The van der Waals surface area contributed by atoms with Crippen LogP contribution in [0.25, 0.3) is 0 Å². The molecule has 7 N–H and O–H groups in total. The predicted molar refractivity (Wildman–Crippen MR) is 115 cm³/mol. The second-order valence-electron chi connectivity index (χ2n) is 7.70. The third-order valence-corrected chi connectivity index (χ3v) is 4.54. The highest BCUT2D eigenvalue weighted by Gasteiger charge is 2.40. The van der Waals surface area contributed by atoms with E-state index >= 15 is 0 Å². The molecule has 0 aliphatic carbocycles. The number of nitrogens with one attached hydrogen (secondary N) is 3. The van der Waals surface area contributed by atoms with Gasteiger partial charge in [0.25, 0.3) is 5.91 Å². The molecular weight excluding hydrogens is 438 g/mol. The lowest BCUT2D eigenvalue weighted by atomic mass is 10.0. The standard InChI is InChI=1S/C18H31N9O6/c1-10(2)15(17(32)33)26(16(31)12(9-14(29)30)22-11(3)28)27-13(23-24-25-27)7-5-4-6-8-21-18(19)20/h10,12,15H,4-9H2,1-3H3,(H,22,28)(H,29,30)(H,32,33)(H4,19,20,21)/t12-,15-/m0/s1.